The number of anilines is 3. The van der Waals surface area contributed by atoms with E-state index in [4.69, 9.17) is 9.98 Å². The second-order valence-corrected chi connectivity index (χ2v) is 15.9. The number of pyridine rings is 1. The minimum atomic E-state index is -0.258. The molecule has 0 saturated carbocycles. The van der Waals surface area contributed by atoms with Gasteiger partial charge < -0.3 is 14.8 Å². The molecule has 0 spiro atoms. The van der Waals surface area contributed by atoms with Gasteiger partial charge in [0.1, 0.15) is 18.2 Å². The zero-order valence-corrected chi connectivity index (χ0v) is 33.7. The third-order valence-electron chi connectivity index (χ3n) is 12.2. The van der Waals surface area contributed by atoms with Crippen molar-refractivity contribution in [3.8, 4) is 39.2 Å². The number of aliphatic imine (C=N–C) groups is 1. The smallest absolute Gasteiger partial charge is 0.131 e. The summed E-state index contributed by atoms with van der Waals surface area (Å²) in [5.74, 6) is 0.869. The molecule has 2 unspecified atom stereocenters. The summed E-state index contributed by atoms with van der Waals surface area (Å²) in [6, 6.07) is 75.7. The molecule has 2 aromatic heterocycles. The Morgan fingerprint density at radius 2 is 1.16 bits per heavy atom. The van der Waals surface area contributed by atoms with E-state index in [2.05, 4.69) is 220 Å². The zero-order valence-electron chi connectivity index (χ0n) is 33.7. The van der Waals surface area contributed by atoms with Gasteiger partial charge in [0.15, 0.2) is 0 Å². The third kappa shape index (κ3) is 6.08. The number of nitrogens with zero attached hydrogens (tertiary/aromatic N) is 4. The molecular weight excluding hydrogens is 757 g/mol. The second-order valence-electron chi connectivity index (χ2n) is 15.9. The Hall–Kier alpha value is -8.06. The first-order valence-electron chi connectivity index (χ1n) is 21.1. The van der Waals surface area contributed by atoms with Crippen molar-refractivity contribution >= 4 is 44.7 Å². The van der Waals surface area contributed by atoms with Crippen molar-refractivity contribution in [2.24, 2.45) is 4.99 Å². The molecule has 0 saturated heterocycles. The number of fused-ring (bicyclic) bond motifs is 8. The van der Waals surface area contributed by atoms with Gasteiger partial charge in [-0.1, -0.05) is 158 Å². The summed E-state index contributed by atoms with van der Waals surface area (Å²) in [5.41, 5.74) is 16.8. The molecule has 294 valence electrons. The van der Waals surface area contributed by atoms with Gasteiger partial charge in [0.05, 0.1) is 28.1 Å². The molecule has 2 aliphatic rings. The number of nitrogens with one attached hydrogen (secondary N) is 2. The lowest BCUT2D eigenvalue weighted by atomic mass is 9.98. The van der Waals surface area contributed by atoms with Crippen LogP contribution in [0.25, 0.3) is 61.0 Å². The fraction of sp³-hybridized carbons (Fsp3) is 0.0357. The van der Waals surface area contributed by atoms with E-state index in [-0.39, 0.29) is 12.3 Å². The Morgan fingerprint density at radius 1 is 0.484 bits per heavy atom. The average Bonchev–Trinajstić information content (AvgIpc) is 3.63. The molecular formula is C56H40N6. The van der Waals surface area contributed by atoms with E-state index in [0.29, 0.717) is 0 Å². The van der Waals surface area contributed by atoms with Gasteiger partial charge in [0, 0.05) is 56.2 Å². The molecule has 62 heavy (non-hydrogen) atoms. The minimum Gasteiger partial charge on any atom is -0.350 e. The Kier molecular flexibility index (Phi) is 8.61. The van der Waals surface area contributed by atoms with Crippen molar-refractivity contribution in [2.75, 3.05) is 4.90 Å². The number of benzene rings is 8. The molecule has 12 rings (SSSR count). The lowest BCUT2D eigenvalue weighted by Crippen LogP contribution is -2.44. The van der Waals surface area contributed by atoms with Crippen LogP contribution in [-0.2, 0) is 0 Å². The molecule has 2 atom stereocenters. The van der Waals surface area contributed by atoms with Crippen LogP contribution in [0.5, 0.6) is 0 Å². The Morgan fingerprint density at radius 3 is 2.00 bits per heavy atom. The summed E-state index contributed by atoms with van der Waals surface area (Å²) < 4.78 is 2.45. The number of aromatic nitrogens is 2. The van der Waals surface area contributed by atoms with Gasteiger partial charge in [-0.25, -0.2) is 4.99 Å². The normalized spacial score (nSPS) is 15.5. The molecule has 0 amide bonds. The highest BCUT2D eigenvalue weighted by atomic mass is 15.3. The largest absolute Gasteiger partial charge is 0.350 e. The van der Waals surface area contributed by atoms with Crippen LogP contribution in [-0.4, -0.2) is 15.4 Å². The van der Waals surface area contributed by atoms with E-state index < -0.39 is 0 Å². The van der Waals surface area contributed by atoms with Crippen LogP contribution in [0, 0.1) is 0 Å². The molecule has 0 bridgehead atoms. The minimum absolute atomic E-state index is 0.109. The van der Waals surface area contributed by atoms with E-state index >= 15 is 0 Å². The van der Waals surface area contributed by atoms with E-state index in [9.17, 15) is 0 Å². The monoisotopic (exact) mass is 796 g/mol. The first-order valence-corrected chi connectivity index (χ1v) is 21.1. The Bertz CT molecular complexity index is 3320. The fourth-order valence-electron chi connectivity index (χ4n) is 9.34. The Balaban J connectivity index is 1.00. The third-order valence-corrected chi connectivity index (χ3v) is 12.2. The number of hydrogen-bond acceptors (Lipinski definition) is 5. The molecule has 0 aliphatic carbocycles. The van der Waals surface area contributed by atoms with Gasteiger partial charge >= 0.3 is 0 Å². The molecule has 0 fully saturated rings. The van der Waals surface area contributed by atoms with Crippen LogP contribution in [0.3, 0.4) is 0 Å². The van der Waals surface area contributed by atoms with Crippen LogP contribution in [0.15, 0.2) is 224 Å². The lowest BCUT2D eigenvalue weighted by Gasteiger charge is -2.32. The molecule has 8 aromatic carbocycles. The maximum Gasteiger partial charge on any atom is 0.131 e. The van der Waals surface area contributed by atoms with Crippen molar-refractivity contribution in [1.29, 1.82) is 0 Å². The van der Waals surface area contributed by atoms with Crippen molar-refractivity contribution in [3.05, 3.63) is 235 Å². The average molecular weight is 797 g/mol. The van der Waals surface area contributed by atoms with Crippen LogP contribution >= 0.6 is 0 Å². The quantitative estimate of drug-likeness (QED) is 0.176. The van der Waals surface area contributed by atoms with Gasteiger partial charge in [-0.3, -0.25) is 10.3 Å². The van der Waals surface area contributed by atoms with Gasteiger partial charge in [-0.2, -0.15) is 0 Å². The highest BCUT2D eigenvalue weighted by molar-refractivity contribution is 6.13. The van der Waals surface area contributed by atoms with Crippen molar-refractivity contribution in [1.82, 2.24) is 20.2 Å². The van der Waals surface area contributed by atoms with Crippen LogP contribution in [0.2, 0.25) is 0 Å². The van der Waals surface area contributed by atoms with Gasteiger partial charge in [-0.15, -0.1) is 0 Å². The molecule has 10 aromatic rings. The highest BCUT2D eigenvalue weighted by Gasteiger charge is 2.32. The molecule has 6 heteroatoms. The van der Waals surface area contributed by atoms with Crippen LogP contribution in [0.4, 0.5) is 17.1 Å². The number of para-hydroxylation sites is 4. The van der Waals surface area contributed by atoms with Crippen molar-refractivity contribution < 1.29 is 0 Å². The first-order chi connectivity index (χ1) is 30.7. The van der Waals surface area contributed by atoms with E-state index in [1.165, 1.54) is 16.5 Å². The maximum atomic E-state index is 5.23. The van der Waals surface area contributed by atoms with E-state index in [0.717, 1.165) is 84.1 Å². The SMILES string of the molecule is c1ccc(C2=NC(c3ccc(-n4c5c(c6ccccc64)-c4ccccc4N(c4cccc(-c6cnc7ccccc7c6)c4)c4ccccc4-5)cc3)NC(c3ccccc3)N2)cc1. The Labute approximate surface area is 360 Å². The molecule has 6 nitrogen and oxygen atoms in total. The lowest BCUT2D eigenvalue weighted by molar-refractivity contribution is 0.409. The van der Waals surface area contributed by atoms with Gasteiger partial charge in [0.2, 0.25) is 0 Å². The maximum absolute atomic E-state index is 5.23. The standard InChI is InChI=1S/C56H40N6/c1-3-16-37(17-4-1)54-58-55(38-18-5-2-6-19-38)60-56(59-54)39-30-32-43(33-31-39)62-50-28-13-9-24-46(50)52-45-23-8-12-27-49(45)61(51-29-14-10-25-47(51)53(52)62)44-22-15-21-40(35-44)42-34-41-20-7-11-26-48(41)57-36-42/h1-36,54,56,59H,(H,58,60). The summed E-state index contributed by atoms with van der Waals surface area (Å²) in [4.78, 5) is 12.5. The predicted octanol–water partition coefficient (Wildman–Crippen LogP) is 13.3. The first kappa shape index (κ1) is 35.8. The van der Waals surface area contributed by atoms with Crippen molar-refractivity contribution in [3.63, 3.8) is 0 Å². The second kappa shape index (κ2) is 14.9. The summed E-state index contributed by atoms with van der Waals surface area (Å²) in [5, 5.41) is 9.77. The molecule has 0 radical (unpaired) electrons. The summed E-state index contributed by atoms with van der Waals surface area (Å²) in [7, 11) is 0. The molecule has 4 heterocycles. The summed E-state index contributed by atoms with van der Waals surface area (Å²) in [6.07, 6.45) is 1.62. The van der Waals surface area contributed by atoms with E-state index in [1.807, 2.05) is 18.3 Å². The predicted molar refractivity (Wildman–Crippen MR) is 254 cm³/mol. The summed E-state index contributed by atoms with van der Waals surface area (Å²) in [6.45, 7) is 0. The van der Waals surface area contributed by atoms with Crippen molar-refractivity contribution in [2.45, 2.75) is 12.3 Å². The van der Waals surface area contributed by atoms with Crippen LogP contribution < -0.4 is 15.5 Å². The highest BCUT2D eigenvalue weighted by Crippen LogP contribution is 2.54. The van der Waals surface area contributed by atoms with Crippen LogP contribution in [0.1, 0.15) is 29.0 Å². The van der Waals surface area contributed by atoms with Gasteiger partial charge in [-0.05, 0) is 71.3 Å². The zero-order chi connectivity index (χ0) is 41.0. The summed E-state index contributed by atoms with van der Waals surface area (Å²) >= 11 is 0. The number of rotatable bonds is 6. The molecule has 2 aliphatic heterocycles. The fourth-order valence-corrected chi connectivity index (χ4v) is 9.34. The number of amidine groups is 1. The van der Waals surface area contributed by atoms with E-state index in [1.54, 1.807) is 0 Å². The number of hydrogen-bond donors (Lipinski definition) is 2. The topological polar surface area (TPSA) is 57.5 Å². The van der Waals surface area contributed by atoms with Gasteiger partial charge in [0.25, 0.3) is 0 Å². The molecule has 2 N–H and O–H groups in total.